The Morgan fingerprint density at radius 3 is 1.61 bits per heavy atom. The second kappa shape index (κ2) is 29.8. The molecule has 0 aromatic carbocycles. The first-order valence-electron chi connectivity index (χ1n) is 35.8. The molecule has 39 atom stereocenters. The molecule has 0 aromatic heterocycles. The fraction of sp³-hybridized carbons (Fsp3) is 0.956. The number of aliphatic hydroxyl groups is 18. The predicted octanol–water partition coefficient (Wildman–Crippen LogP) is -4.98. The van der Waals surface area contributed by atoms with Gasteiger partial charge in [-0.05, 0) is 116 Å². The van der Waals surface area contributed by atoms with E-state index in [9.17, 15) is 91.9 Å². The van der Waals surface area contributed by atoms with E-state index in [4.69, 9.17) is 66.3 Å². The number of fused-ring (bicyclic) bond motifs is 7. The van der Waals surface area contributed by atoms with Crippen LogP contribution in [0.25, 0.3) is 0 Å². The molecule has 12 aliphatic rings. The lowest BCUT2D eigenvalue weighted by Crippen LogP contribution is -2.67. The highest BCUT2D eigenvalue weighted by Crippen LogP contribution is 2.76. The smallest absolute Gasteiger partial charge is 0.315 e. The topological polar surface area (TPSA) is 510 Å². The molecule has 2 unspecified atom stereocenters. The van der Waals surface area contributed by atoms with Crippen molar-refractivity contribution in [3.63, 3.8) is 0 Å². The van der Waals surface area contributed by atoms with Crippen molar-refractivity contribution in [1.29, 1.82) is 0 Å². The first-order chi connectivity index (χ1) is 47.4. The minimum Gasteiger partial charge on any atom is -0.432 e. The summed E-state index contributed by atoms with van der Waals surface area (Å²) in [6, 6.07) is 0. The third-order valence-corrected chi connectivity index (χ3v) is 26.1. The van der Waals surface area contributed by atoms with E-state index in [1.165, 1.54) is 12.5 Å². The first-order valence-corrected chi connectivity index (χ1v) is 35.8. The number of carbonyl (C=O) groups is 1. The Morgan fingerprint density at radius 1 is 0.465 bits per heavy atom. The van der Waals surface area contributed by atoms with E-state index in [0.29, 0.717) is 51.4 Å². The Kier molecular flexibility index (Phi) is 23.1. The molecule has 33 nitrogen and oxygen atoms in total. The monoisotopic (exact) mass is 1450 g/mol. The average Bonchev–Trinajstić information content (AvgIpc) is 0.675. The fourth-order valence-electron chi connectivity index (χ4n) is 19.7. The molecule has 4 saturated carbocycles. The van der Waals surface area contributed by atoms with Gasteiger partial charge in [-0.3, -0.25) is 4.79 Å². The summed E-state index contributed by atoms with van der Waals surface area (Å²) >= 11 is 0. The maximum Gasteiger partial charge on any atom is 0.315 e. The maximum absolute atomic E-state index is 15.7. The fourth-order valence-corrected chi connectivity index (χ4v) is 19.7. The Balaban J connectivity index is 0.717. The SMILES string of the molecule is C[C@@H]1O[C@@H](O[C@H]2[C@H](OC(=O)[C@]34CCC(C)(C)C[C@H]3C3=CCC5[C@@]6(C)CC[C@H](O[C@@H]7O[C@H](CO[C@@H]8OC[C@H](O)[C@H](O)[C@H]8O[C@@H]8OC[C@@H](O)[C@H](O)[C@H]8O)[C@@H](O)[C@H](O)[C@H]7O)C(C)(C)C6CC[C@@]5(C)[C@]3(C)CC4)O[C@H](CO)[C@@H](O)[C@@H]2O)[C@H](O)[C@H](O)[C@H]1O[C@@H]1OC[C@@H](O)[C@H](O[C@@H]2OC[C@@H](O)[C@H](O)[C@H]2O)[C@H]1O. The zero-order chi connectivity index (χ0) is 73.3. The molecule has 7 heterocycles. The van der Waals surface area contributed by atoms with Crippen LogP contribution >= 0.6 is 0 Å². The van der Waals surface area contributed by atoms with Crippen molar-refractivity contribution in [2.45, 2.75) is 316 Å². The van der Waals surface area contributed by atoms with Gasteiger partial charge >= 0.3 is 5.97 Å². The normalized spacial score (nSPS) is 54.4. The number of ether oxygens (including phenoxy) is 14. The molecule has 33 heteroatoms. The largest absolute Gasteiger partial charge is 0.432 e. The van der Waals surface area contributed by atoms with Crippen molar-refractivity contribution in [2.24, 2.45) is 50.2 Å². The zero-order valence-electron chi connectivity index (χ0n) is 58.3. The molecular formula is C68H110O33. The van der Waals surface area contributed by atoms with E-state index in [2.05, 4.69) is 54.5 Å². The van der Waals surface area contributed by atoms with E-state index in [1.54, 1.807) is 0 Å². The number of esters is 1. The number of allylic oxidation sites excluding steroid dienone is 2. The second-order valence-electron chi connectivity index (χ2n) is 32.9. The number of rotatable bonds is 16. The van der Waals surface area contributed by atoms with Crippen molar-refractivity contribution in [2.75, 3.05) is 39.6 Å². The van der Waals surface area contributed by atoms with Gasteiger partial charge in [-0.25, -0.2) is 0 Å². The third kappa shape index (κ3) is 14.0. The highest BCUT2D eigenvalue weighted by molar-refractivity contribution is 5.79. The van der Waals surface area contributed by atoms with E-state index in [0.717, 1.165) is 12.8 Å². The highest BCUT2D eigenvalue weighted by Gasteiger charge is 2.71. The molecule has 11 fully saturated rings. The van der Waals surface area contributed by atoms with Crippen LogP contribution in [0, 0.1) is 50.2 Å². The van der Waals surface area contributed by atoms with Gasteiger partial charge in [0.2, 0.25) is 6.29 Å². The molecular weight excluding hydrogens is 1340 g/mol. The minimum atomic E-state index is -2.00. The van der Waals surface area contributed by atoms with Crippen LogP contribution < -0.4 is 0 Å². The van der Waals surface area contributed by atoms with Gasteiger partial charge in [-0.2, -0.15) is 0 Å². The zero-order valence-corrected chi connectivity index (χ0v) is 58.3. The van der Waals surface area contributed by atoms with Crippen LogP contribution in [0.4, 0.5) is 0 Å². The summed E-state index contributed by atoms with van der Waals surface area (Å²) in [7, 11) is 0. The molecule has 0 aromatic rings. The lowest BCUT2D eigenvalue weighted by atomic mass is 9.33. The quantitative estimate of drug-likeness (QED) is 0.0391. The van der Waals surface area contributed by atoms with Crippen LogP contribution in [0.3, 0.4) is 0 Å². The summed E-state index contributed by atoms with van der Waals surface area (Å²) in [6.45, 7) is 14.1. The van der Waals surface area contributed by atoms with E-state index < -0.39 is 258 Å². The van der Waals surface area contributed by atoms with E-state index in [-0.39, 0.29) is 34.0 Å². The van der Waals surface area contributed by atoms with Crippen molar-refractivity contribution in [3.8, 4) is 0 Å². The van der Waals surface area contributed by atoms with Crippen LogP contribution in [0.5, 0.6) is 0 Å². The second-order valence-corrected chi connectivity index (χ2v) is 32.9. The molecule has 101 heavy (non-hydrogen) atoms. The number of hydrogen-bond acceptors (Lipinski definition) is 33. The standard InChI is InChI=1S/C68H110O33/c1-26-51(97-57-50(86)52(32(73)24-90-57)98-55-46(82)38(74)29(70)21-88-55)45(81)49(85)58(93-26)100-54-44(80)41(77)33(20-69)94-61(54)101-62(87)68-17-15-63(2,3)19-28(68)27-9-10-36-65(6)13-12-37(64(4,5)35(65)11-14-67(36,8)66(27,7)16-18-68)96-59-48(84)43(79)42(78)34(95-59)25-92-60-53(40(76)31(72)23-91-60)99-56-47(83)39(75)30(71)22-89-56/h9,26,28-61,69-86H,10-25H2,1-8H3/t26-,28-,29+,30+,31-,32+,33+,34+,35?,36?,37-,38-,39-,40-,41+,42+,43-,44-,45-,46+,47+,48+,49+,50+,51-,52-,53+,54+,55-,56-,57-,58-,59-,60-,61-,65-,66+,67+,68-/m0/s1. The van der Waals surface area contributed by atoms with Crippen molar-refractivity contribution < 1.29 is 163 Å². The Labute approximate surface area is 584 Å². The minimum absolute atomic E-state index is 0.0682. The maximum atomic E-state index is 15.7. The molecule has 12 rings (SSSR count). The third-order valence-electron chi connectivity index (χ3n) is 26.1. The summed E-state index contributed by atoms with van der Waals surface area (Å²) < 4.78 is 83.0. The molecule has 0 amide bonds. The van der Waals surface area contributed by atoms with Gasteiger partial charge < -0.3 is 158 Å². The van der Waals surface area contributed by atoms with Crippen molar-refractivity contribution >= 4 is 5.97 Å². The lowest BCUT2D eigenvalue weighted by Gasteiger charge is -2.71. The van der Waals surface area contributed by atoms with Crippen LogP contribution in [-0.2, 0) is 71.1 Å². The molecule has 5 aliphatic carbocycles. The van der Waals surface area contributed by atoms with E-state index in [1.807, 2.05) is 0 Å². The lowest BCUT2D eigenvalue weighted by molar-refractivity contribution is -0.379. The summed E-state index contributed by atoms with van der Waals surface area (Å²) in [5.74, 6) is -0.766. The average molecular weight is 1460 g/mol. The highest BCUT2D eigenvalue weighted by atomic mass is 16.8. The predicted molar refractivity (Wildman–Crippen MR) is 335 cm³/mol. The van der Waals surface area contributed by atoms with Gasteiger partial charge in [0.25, 0.3) is 0 Å². The summed E-state index contributed by atoms with van der Waals surface area (Å²) in [5, 5.41) is 196. The van der Waals surface area contributed by atoms with Crippen molar-refractivity contribution in [3.05, 3.63) is 11.6 Å². The molecule has 0 spiro atoms. The van der Waals surface area contributed by atoms with Crippen LogP contribution in [0.15, 0.2) is 11.6 Å². The molecule has 7 saturated heterocycles. The molecule has 0 radical (unpaired) electrons. The van der Waals surface area contributed by atoms with Gasteiger partial charge in [0.1, 0.15) is 134 Å². The Bertz CT molecular complexity index is 2860. The summed E-state index contributed by atoms with van der Waals surface area (Å²) in [6.07, 6.45) is -42.6. The van der Waals surface area contributed by atoms with E-state index >= 15 is 4.79 Å². The Hall–Kier alpha value is -2.03. The van der Waals surface area contributed by atoms with Crippen molar-refractivity contribution in [1.82, 2.24) is 0 Å². The molecule has 7 aliphatic heterocycles. The van der Waals surface area contributed by atoms with Gasteiger partial charge in [0, 0.05) is 0 Å². The van der Waals surface area contributed by atoms with Crippen LogP contribution in [0.2, 0.25) is 0 Å². The number of hydrogen-bond donors (Lipinski definition) is 18. The van der Waals surface area contributed by atoms with Gasteiger partial charge in [0.15, 0.2) is 43.8 Å². The van der Waals surface area contributed by atoms with Gasteiger partial charge in [-0.1, -0.05) is 60.1 Å². The summed E-state index contributed by atoms with van der Waals surface area (Å²) in [4.78, 5) is 15.7. The molecule has 0 bridgehead atoms. The van der Waals surface area contributed by atoms with Crippen LogP contribution in [-0.4, -0.2) is 334 Å². The Morgan fingerprint density at radius 2 is 0.970 bits per heavy atom. The van der Waals surface area contributed by atoms with Gasteiger partial charge in [0.05, 0.1) is 57.3 Å². The molecule has 18 N–H and O–H groups in total. The van der Waals surface area contributed by atoms with Gasteiger partial charge in [-0.15, -0.1) is 0 Å². The summed E-state index contributed by atoms with van der Waals surface area (Å²) in [5.41, 5.74) is -1.73. The first kappa shape index (κ1) is 78.5. The number of carbonyl (C=O) groups excluding carboxylic acids is 1. The van der Waals surface area contributed by atoms with Crippen LogP contribution in [0.1, 0.15) is 120 Å². The molecule has 580 valence electrons. The number of aliphatic hydroxyl groups excluding tert-OH is 18.